The lowest BCUT2D eigenvalue weighted by atomic mass is 9.94. The van der Waals surface area contributed by atoms with Gasteiger partial charge in [-0.15, -0.1) is 0 Å². The third kappa shape index (κ3) is 3.09. The number of hydrogen-bond donors (Lipinski definition) is 1. The standard InChI is InChI=1S/C17H27NO2/c1-5-6-7-18-11-14-8-13-9-16(19-3)17(20-4)10-15(13)12(14)2/h9-10,12,14,18H,5-8,11H2,1-4H3/t12-,14-/m1/s1. The van der Waals surface area contributed by atoms with Gasteiger partial charge in [-0.05, 0) is 61.0 Å². The van der Waals surface area contributed by atoms with Gasteiger partial charge >= 0.3 is 0 Å². The second-order valence-electron chi connectivity index (χ2n) is 5.72. The van der Waals surface area contributed by atoms with E-state index in [9.17, 15) is 0 Å². The molecule has 0 saturated heterocycles. The second-order valence-corrected chi connectivity index (χ2v) is 5.72. The second kappa shape index (κ2) is 6.98. The Bertz CT molecular complexity index is 445. The molecule has 1 aromatic carbocycles. The average molecular weight is 277 g/mol. The molecule has 20 heavy (non-hydrogen) atoms. The fourth-order valence-electron chi connectivity index (χ4n) is 3.09. The average Bonchev–Trinajstić information content (AvgIpc) is 2.78. The van der Waals surface area contributed by atoms with Gasteiger partial charge in [0, 0.05) is 0 Å². The number of nitrogens with one attached hydrogen (secondary N) is 1. The van der Waals surface area contributed by atoms with Gasteiger partial charge in [-0.1, -0.05) is 20.3 Å². The molecule has 3 heteroatoms. The predicted octanol–water partition coefficient (Wildman–Crippen LogP) is 3.37. The van der Waals surface area contributed by atoms with E-state index in [-0.39, 0.29) is 0 Å². The summed E-state index contributed by atoms with van der Waals surface area (Å²) in [7, 11) is 3.40. The molecule has 0 fully saturated rings. The Morgan fingerprint density at radius 1 is 1.20 bits per heavy atom. The summed E-state index contributed by atoms with van der Waals surface area (Å²) in [5.41, 5.74) is 2.84. The van der Waals surface area contributed by atoms with Crippen molar-refractivity contribution < 1.29 is 9.47 Å². The number of fused-ring (bicyclic) bond motifs is 1. The Hall–Kier alpha value is -1.22. The van der Waals surface area contributed by atoms with Crippen LogP contribution in [0.15, 0.2) is 12.1 Å². The van der Waals surface area contributed by atoms with Gasteiger partial charge in [0.15, 0.2) is 11.5 Å². The van der Waals surface area contributed by atoms with Crippen LogP contribution < -0.4 is 14.8 Å². The minimum Gasteiger partial charge on any atom is -0.493 e. The number of ether oxygens (including phenoxy) is 2. The summed E-state index contributed by atoms with van der Waals surface area (Å²) in [6.07, 6.45) is 3.65. The molecule has 0 bridgehead atoms. The van der Waals surface area contributed by atoms with E-state index in [1.54, 1.807) is 14.2 Å². The van der Waals surface area contributed by atoms with Gasteiger partial charge in [0.05, 0.1) is 14.2 Å². The van der Waals surface area contributed by atoms with Crippen molar-refractivity contribution in [3.63, 3.8) is 0 Å². The Balaban J connectivity index is 2.06. The molecule has 0 heterocycles. The number of rotatable bonds is 7. The van der Waals surface area contributed by atoms with Crippen molar-refractivity contribution in [1.82, 2.24) is 5.32 Å². The van der Waals surface area contributed by atoms with E-state index >= 15 is 0 Å². The lowest BCUT2D eigenvalue weighted by molar-refractivity contribution is 0.354. The Morgan fingerprint density at radius 3 is 2.55 bits per heavy atom. The van der Waals surface area contributed by atoms with Crippen LogP contribution in [0.1, 0.15) is 43.7 Å². The zero-order valence-corrected chi connectivity index (χ0v) is 13.2. The Labute approximate surface area is 122 Å². The summed E-state index contributed by atoms with van der Waals surface area (Å²) in [4.78, 5) is 0. The van der Waals surface area contributed by atoms with Gasteiger partial charge in [0.1, 0.15) is 0 Å². The van der Waals surface area contributed by atoms with Crippen LogP contribution >= 0.6 is 0 Å². The molecule has 1 aromatic rings. The van der Waals surface area contributed by atoms with Crippen LogP contribution in [0.2, 0.25) is 0 Å². The molecule has 3 nitrogen and oxygen atoms in total. The van der Waals surface area contributed by atoms with Crippen molar-refractivity contribution in [1.29, 1.82) is 0 Å². The van der Waals surface area contributed by atoms with E-state index in [0.29, 0.717) is 11.8 Å². The lowest BCUT2D eigenvalue weighted by Gasteiger charge is -2.17. The molecule has 1 N–H and O–H groups in total. The predicted molar refractivity (Wildman–Crippen MR) is 82.9 cm³/mol. The smallest absolute Gasteiger partial charge is 0.161 e. The molecule has 0 aliphatic heterocycles. The highest BCUT2D eigenvalue weighted by Gasteiger charge is 2.30. The molecule has 2 rings (SSSR count). The van der Waals surface area contributed by atoms with Crippen molar-refractivity contribution in [2.45, 2.75) is 39.0 Å². The number of methoxy groups -OCH3 is 2. The molecule has 0 aromatic heterocycles. The SMILES string of the molecule is CCCCNC[C@H]1Cc2cc(OC)c(OC)cc2[C@@H]1C. The largest absolute Gasteiger partial charge is 0.493 e. The molecule has 0 saturated carbocycles. The van der Waals surface area contributed by atoms with Crippen molar-refractivity contribution >= 4 is 0 Å². The highest BCUT2D eigenvalue weighted by atomic mass is 16.5. The van der Waals surface area contributed by atoms with Gasteiger partial charge in [-0.25, -0.2) is 0 Å². The molecule has 112 valence electrons. The molecule has 2 atom stereocenters. The number of hydrogen-bond acceptors (Lipinski definition) is 3. The molecule has 0 amide bonds. The third-order valence-electron chi connectivity index (χ3n) is 4.44. The van der Waals surface area contributed by atoms with Crippen LogP contribution in [0.4, 0.5) is 0 Å². The quantitative estimate of drug-likeness (QED) is 0.775. The van der Waals surface area contributed by atoms with E-state index in [1.165, 1.54) is 24.0 Å². The van der Waals surface area contributed by atoms with Crippen molar-refractivity contribution in [2.24, 2.45) is 5.92 Å². The molecule has 0 spiro atoms. The monoisotopic (exact) mass is 277 g/mol. The molecule has 1 aliphatic rings. The minimum atomic E-state index is 0.582. The minimum absolute atomic E-state index is 0.582. The normalized spacial score (nSPS) is 20.8. The van der Waals surface area contributed by atoms with E-state index in [2.05, 4.69) is 31.3 Å². The van der Waals surface area contributed by atoms with Crippen molar-refractivity contribution in [2.75, 3.05) is 27.3 Å². The molecular weight excluding hydrogens is 250 g/mol. The summed E-state index contributed by atoms with van der Waals surface area (Å²) >= 11 is 0. The Morgan fingerprint density at radius 2 is 1.90 bits per heavy atom. The molecule has 1 aliphatic carbocycles. The van der Waals surface area contributed by atoms with E-state index < -0.39 is 0 Å². The Kier molecular flexibility index (Phi) is 5.30. The first kappa shape index (κ1) is 15.2. The van der Waals surface area contributed by atoms with E-state index in [1.807, 2.05) is 0 Å². The molecule has 0 radical (unpaired) electrons. The van der Waals surface area contributed by atoms with Gasteiger partial charge in [-0.3, -0.25) is 0 Å². The fraction of sp³-hybridized carbons (Fsp3) is 0.647. The highest BCUT2D eigenvalue weighted by Crippen LogP contribution is 2.42. The van der Waals surface area contributed by atoms with Crippen LogP contribution in [-0.4, -0.2) is 27.3 Å². The van der Waals surface area contributed by atoms with Crippen molar-refractivity contribution in [3.8, 4) is 11.5 Å². The van der Waals surface area contributed by atoms with Gasteiger partial charge in [-0.2, -0.15) is 0 Å². The summed E-state index contributed by atoms with van der Waals surface area (Å²) in [5.74, 6) is 2.95. The third-order valence-corrected chi connectivity index (χ3v) is 4.44. The van der Waals surface area contributed by atoms with Crippen LogP contribution in [0.3, 0.4) is 0 Å². The summed E-state index contributed by atoms with van der Waals surface area (Å²) < 4.78 is 10.8. The van der Waals surface area contributed by atoms with Gasteiger partial charge in [0.2, 0.25) is 0 Å². The van der Waals surface area contributed by atoms with Crippen LogP contribution in [-0.2, 0) is 6.42 Å². The highest BCUT2D eigenvalue weighted by molar-refractivity contribution is 5.50. The number of unbranched alkanes of at least 4 members (excludes halogenated alkanes) is 1. The topological polar surface area (TPSA) is 30.5 Å². The summed E-state index contributed by atoms with van der Waals surface area (Å²) in [6, 6.07) is 4.31. The van der Waals surface area contributed by atoms with Crippen LogP contribution in [0, 0.1) is 5.92 Å². The van der Waals surface area contributed by atoms with Crippen LogP contribution in [0.5, 0.6) is 11.5 Å². The maximum Gasteiger partial charge on any atom is 0.161 e. The zero-order chi connectivity index (χ0) is 14.5. The summed E-state index contributed by atoms with van der Waals surface area (Å²) in [6.45, 7) is 6.78. The van der Waals surface area contributed by atoms with Gasteiger partial charge < -0.3 is 14.8 Å². The van der Waals surface area contributed by atoms with Crippen molar-refractivity contribution in [3.05, 3.63) is 23.3 Å². The lowest BCUT2D eigenvalue weighted by Crippen LogP contribution is -2.25. The maximum absolute atomic E-state index is 5.42. The first-order valence-electron chi connectivity index (χ1n) is 7.66. The molecular formula is C17H27NO2. The van der Waals surface area contributed by atoms with E-state index in [0.717, 1.165) is 31.0 Å². The maximum atomic E-state index is 5.42. The zero-order valence-electron chi connectivity index (χ0n) is 13.2. The first-order valence-corrected chi connectivity index (χ1v) is 7.66. The summed E-state index contributed by atoms with van der Waals surface area (Å²) in [5, 5.41) is 3.59. The van der Waals surface area contributed by atoms with Crippen LogP contribution in [0.25, 0.3) is 0 Å². The fourth-order valence-corrected chi connectivity index (χ4v) is 3.09. The van der Waals surface area contributed by atoms with Gasteiger partial charge in [0.25, 0.3) is 0 Å². The number of benzene rings is 1. The van der Waals surface area contributed by atoms with E-state index in [4.69, 9.17) is 9.47 Å². The first-order chi connectivity index (χ1) is 9.71. The molecule has 0 unspecified atom stereocenters.